The first-order valence-corrected chi connectivity index (χ1v) is 6.64. The molecule has 1 fully saturated rings. The highest BCUT2D eigenvalue weighted by Gasteiger charge is 2.37. The molecule has 1 aliphatic rings. The number of carbonyl (C=O) groups is 1. The van der Waals surface area contributed by atoms with Crippen molar-refractivity contribution in [2.75, 3.05) is 19.6 Å². The molecule has 1 heterocycles. The zero-order valence-corrected chi connectivity index (χ0v) is 11.6. The van der Waals surface area contributed by atoms with Gasteiger partial charge in [-0.2, -0.15) is 13.2 Å². The Morgan fingerprint density at radius 1 is 1.38 bits per heavy atom. The van der Waals surface area contributed by atoms with E-state index in [4.69, 9.17) is 10.5 Å². The van der Waals surface area contributed by atoms with E-state index in [0.717, 1.165) is 6.07 Å². The Balaban J connectivity index is 2.28. The molecule has 1 aromatic rings. The van der Waals surface area contributed by atoms with Crippen molar-refractivity contribution < 1.29 is 22.7 Å². The summed E-state index contributed by atoms with van der Waals surface area (Å²) < 4.78 is 44.4. The van der Waals surface area contributed by atoms with Gasteiger partial charge in [-0.15, -0.1) is 0 Å². The number of ether oxygens (including phenoxy) is 1. The lowest BCUT2D eigenvalue weighted by Gasteiger charge is -2.36. The molecule has 7 heteroatoms. The molecule has 2 unspecified atom stereocenters. The third kappa shape index (κ3) is 3.54. The van der Waals surface area contributed by atoms with Gasteiger partial charge in [0.1, 0.15) is 0 Å². The second-order valence-corrected chi connectivity index (χ2v) is 5.06. The standard InChI is InChI=1S/C14H17F3N2O2/c1-9-7-19(8-10(6-18)21-9)13(20)11-4-2-3-5-12(11)14(15,16)17/h2-5,9-10H,6-8,18H2,1H3. The Kier molecular flexibility index (Phi) is 4.53. The highest BCUT2D eigenvalue weighted by Crippen LogP contribution is 2.32. The van der Waals surface area contributed by atoms with E-state index in [9.17, 15) is 18.0 Å². The van der Waals surface area contributed by atoms with Gasteiger partial charge in [0.2, 0.25) is 0 Å². The van der Waals surface area contributed by atoms with Gasteiger partial charge >= 0.3 is 6.18 Å². The van der Waals surface area contributed by atoms with Crippen LogP contribution in [-0.2, 0) is 10.9 Å². The smallest absolute Gasteiger partial charge is 0.370 e. The maximum Gasteiger partial charge on any atom is 0.417 e. The van der Waals surface area contributed by atoms with Gasteiger partial charge in [0.15, 0.2) is 0 Å². The van der Waals surface area contributed by atoms with E-state index in [1.165, 1.54) is 23.1 Å². The van der Waals surface area contributed by atoms with Crippen LogP contribution >= 0.6 is 0 Å². The number of nitrogens with zero attached hydrogens (tertiary/aromatic N) is 1. The fourth-order valence-electron chi connectivity index (χ4n) is 2.43. The Morgan fingerprint density at radius 3 is 2.67 bits per heavy atom. The molecular formula is C14H17F3N2O2. The average Bonchev–Trinajstić information content (AvgIpc) is 2.45. The SMILES string of the molecule is CC1CN(C(=O)c2ccccc2C(F)(F)F)CC(CN)O1. The first-order chi connectivity index (χ1) is 9.82. The number of alkyl halides is 3. The lowest BCUT2D eigenvalue weighted by molar-refractivity contribution is -0.138. The molecule has 116 valence electrons. The normalized spacial score (nSPS) is 23.2. The van der Waals surface area contributed by atoms with Crippen molar-refractivity contribution in [3.05, 3.63) is 35.4 Å². The van der Waals surface area contributed by atoms with Crippen LogP contribution in [0.25, 0.3) is 0 Å². The minimum atomic E-state index is -4.56. The summed E-state index contributed by atoms with van der Waals surface area (Å²) in [5.74, 6) is -0.642. The van der Waals surface area contributed by atoms with Crippen LogP contribution < -0.4 is 5.73 Å². The molecule has 1 aromatic carbocycles. The van der Waals surface area contributed by atoms with Crippen LogP contribution in [0.4, 0.5) is 13.2 Å². The van der Waals surface area contributed by atoms with E-state index in [-0.39, 0.29) is 37.4 Å². The summed E-state index contributed by atoms with van der Waals surface area (Å²) in [5.41, 5.74) is 4.27. The van der Waals surface area contributed by atoms with Crippen molar-refractivity contribution in [1.29, 1.82) is 0 Å². The van der Waals surface area contributed by atoms with Gasteiger partial charge in [0.25, 0.3) is 5.91 Å². The number of hydrogen-bond donors (Lipinski definition) is 1. The van der Waals surface area contributed by atoms with Crippen molar-refractivity contribution in [1.82, 2.24) is 4.90 Å². The van der Waals surface area contributed by atoms with Gasteiger partial charge in [-0.1, -0.05) is 12.1 Å². The molecule has 0 aliphatic carbocycles. The van der Waals surface area contributed by atoms with E-state index < -0.39 is 17.6 Å². The van der Waals surface area contributed by atoms with Crippen molar-refractivity contribution >= 4 is 5.91 Å². The first-order valence-electron chi connectivity index (χ1n) is 6.64. The first kappa shape index (κ1) is 15.8. The number of hydrogen-bond acceptors (Lipinski definition) is 3. The topological polar surface area (TPSA) is 55.6 Å². The predicted molar refractivity (Wildman–Crippen MR) is 70.7 cm³/mol. The summed E-state index contributed by atoms with van der Waals surface area (Å²) >= 11 is 0. The Labute approximate surface area is 120 Å². The third-order valence-electron chi connectivity index (χ3n) is 3.34. The van der Waals surface area contributed by atoms with Crippen LogP contribution in [0.3, 0.4) is 0 Å². The molecule has 1 saturated heterocycles. The summed E-state index contributed by atoms with van der Waals surface area (Å²) in [7, 11) is 0. The number of nitrogens with two attached hydrogens (primary N) is 1. The molecule has 2 rings (SSSR count). The van der Waals surface area contributed by atoms with Crippen LogP contribution in [0.1, 0.15) is 22.8 Å². The Bertz CT molecular complexity index is 519. The largest absolute Gasteiger partial charge is 0.417 e. The number of rotatable bonds is 2. The van der Waals surface area contributed by atoms with Gasteiger partial charge in [-0.25, -0.2) is 0 Å². The third-order valence-corrected chi connectivity index (χ3v) is 3.34. The second-order valence-electron chi connectivity index (χ2n) is 5.06. The van der Waals surface area contributed by atoms with E-state index in [1.54, 1.807) is 6.92 Å². The van der Waals surface area contributed by atoms with Crippen LogP contribution in [0.15, 0.2) is 24.3 Å². The molecule has 0 bridgehead atoms. The number of morpholine rings is 1. The van der Waals surface area contributed by atoms with Crippen molar-refractivity contribution in [2.24, 2.45) is 5.73 Å². The van der Waals surface area contributed by atoms with Crippen LogP contribution in [0.2, 0.25) is 0 Å². The lowest BCUT2D eigenvalue weighted by Crippen LogP contribution is -2.51. The predicted octanol–water partition coefficient (Wildman–Crippen LogP) is 1.89. The molecule has 0 saturated carbocycles. The Hall–Kier alpha value is -1.60. The van der Waals surface area contributed by atoms with E-state index in [2.05, 4.69) is 0 Å². The summed E-state index contributed by atoms with van der Waals surface area (Å²) in [6, 6.07) is 4.80. The summed E-state index contributed by atoms with van der Waals surface area (Å²) in [5, 5.41) is 0. The summed E-state index contributed by atoms with van der Waals surface area (Å²) in [6.07, 6.45) is -5.16. The molecule has 4 nitrogen and oxygen atoms in total. The lowest BCUT2D eigenvalue weighted by atomic mass is 10.0. The van der Waals surface area contributed by atoms with E-state index in [0.29, 0.717) is 0 Å². The van der Waals surface area contributed by atoms with Crippen molar-refractivity contribution in [3.8, 4) is 0 Å². The number of amides is 1. The highest BCUT2D eigenvalue weighted by molar-refractivity contribution is 5.96. The van der Waals surface area contributed by atoms with E-state index >= 15 is 0 Å². The molecule has 0 radical (unpaired) electrons. The maximum atomic E-state index is 13.0. The van der Waals surface area contributed by atoms with Crippen molar-refractivity contribution in [2.45, 2.75) is 25.3 Å². The van der Waals surface area contributed by atoms with Crippen LogP contribution in [-0.4, -0.2) is 42.6 Å². The van der Waals surface area contributed by atoms with Gasteiger partial charge in [-0.3, -0.25) is 4.79 Å². The molecule has 21 heavy (non-hydrogen) atoms. The van der Waals surface area contributed by atoms with Gasteiger partial charge in [0.05, 0.1) is 23.3 Å². The molecule has 1 amide bonds. The minimum Gasteiger partial charge on any atom is -0.370 e. The molecular weight excluding hydrogens is 285 g/mol. The zero-order chi connectivity index (χ0) is 15.6. The fourth-order valence-corrected chi connectivity index (χ4v) is 2.43. The van der Waals surface area contributed by atoms with Gasteiger partial charge < -0.3 is 15.4 Å². The van der Waals surface area contributed by atoms with Gasteiger partial charge in [-0.05, 0) is 19.1 Å². The molecule has 2 atom stereocenters. The molecule has 2 N–H and O–H groups in total. The van der Waals surface area contributed by atoms with Crippen LogP contribution in [0.5, 0.6) is 0 Å². The second kappa shape index (κ2) is 6.03. The monoisotopic (exact) mass is 302 g/mol. The Morgan fingerprint density at radius 2 is 2.05 bits per heavy atom. The van der Waals surface area contributed by atoms with Crippen molar-refractivity contribution in [3.63, 3.8) is 0 Å². The number of halogens is 3. The van der Waals surface area contributed by atoms with Gasteiger partial charge in [0, 0.05) is 19.6 Å². The number of carbonyl (C=O) groups excluding carboxylic acids is 1. The highest BCUT2D eigenvalue weighted by atomic mass is 19.4. The maximum absolute atomic E-state index is 13.0. The molecule has 0 aromatic heterocycles. The number of benzene rings is 1. The zero-order valence-electron chi connectivity index (χ0n) is 11.6. The van der Waals surface area contributed by atoms with Crippen LogP contribution in [0, 0.1) is 0 Å². The average molecular weight is 302 g/mol. The molecule has 1 aliphatic heterocycles. The minimum absolute atomic E-state index is 0.200. The molecule has 0 spiro atoms. The summed E-state index contributed by atoms with van der Waals surface area (Å²) in [4.78, 5) is 13.8. The van der Waals surface area contributed by atoms with E-state index in [1.807, 2.05) is 0 Å². The quantitative estimate of drug-likeness (QED) is 0.907. The fraction of sp³-hybridized carbons (Fsp3) is 0.500. The summed E-state index contributed by atoms with van der Waals surface area (Å²) in [6.45, 7) is 2.43.